The summed E-state index contributed by atoms with van der Waals surface area (Å²) in [6.07, 6.45) is 5.40. The van der Waals surface area contributed by atoms with E-state index in [0.29, 0.717) is 18.5 Å². The van der Waals surface area contributed by atoms with Crippen LogP contribution in [0.25, 0.3) is 0 Å². The summed E-state index contributed by atoms with van der Waals surface area (Å²) in [5.74, 6) is -0.187. The van der Waals surface area contributed by atoms with Crippen LogP contribution in [-0.2, 0) is 11.2 Å². The predicted molar refractivity (Wildman–Crippen MR) is 115 cm³/mol. The molecule has 2 aliphatic rings. The fraction of sp³-hybridized carbons (Fsp3) is 0.417. The SMILES string of the molecule is O=C(NCCCN1CCCCC1)[C@H]1Cc2ccccc2N1C(=O)c1ccccc1. The molecule has 2 aliphatic heterocycles. The zero-order valence-corrected chi connectivity index (χ0v) is 16.8. The van der Waals surface area contributed by atoms with Crippen LogP contribution in [0, 0.1) is 0 Å². The van der Waals surface area contributed by atoms with Crippen molar-refractivity contribution < 1.29 is 9.59 Å². The number of para-hydroxylation sites is 1. The largest absolute Gasteiger partial charge is 0.354 e. The van der Waals surface area contributed by atoms with E-state index in [4.69, 9.17) is 0 Å². The van der Waals surface area contributed by atoms with Gasteiger partial charge in [-0.05, 0) is 62.7 Å². The highest BCUT2D eigenvalue weighted by Crippen LogP contribution is 2.33. The normalized spacial score (nSPS) is 19.0. The zero-order chi connectivity index (χ0) is 20.1. The van der Waals surface area contributed by atoms with E-state index >= 15 is 0 Å². The van der Waals surface area contributed by atoms with Crippen molar-refractivity contribution in [2.45, 2.75) is 38.1 Å². The molecule has 2 heterocycles. The van der Waals surface area contributed by atoms with Crippen molar-refractivity contribution in [1.82, 2.24) is 10.2 Å². The molecular weight excluding hydrogens is 362 g/mol. The van der Waals surface area contributed by atoms with Gasteiger partial charge in [0.1, 0.15) is 6.04 Å². The minimum Gasteiger partial charge on any atom is -0.354 e. The third-order valence-corrected chi connectivity index (χ3v) is 5.92. The molecule has 2 aromatic rings. The lowest BCUT2D eigenvalue weighted by Crippen LogP contribution is -2.48. The topological polar surface area (TPSA) is 52.7 Å². The molecule has 0 saturated carbocycles. The van der Waals surface area contributed by atoms with E-state index in [2.05, 4.69) is 10.2 Å². The van der Waals surface area contributed by atoms with Gasteiger partial charge >= 0.3 is 0 Å². The molecule has 1 saturated heterocycles. The lowest BCUT2D eigenvalue weighted by atomic mass is 10.1. The van der Waals surface area contributed by atoms with Gasteiger partial charge in [0.15, 0.2) is 0 Å². The van der Waals surface area contributed by atoms with Gasteiger partial charge in [-0.3, -0.25) is 14.5 Å². The molecule has 1 atom stereocenters. The Kier molecular flexibility index (Phi) is 6.25. The summed E-state index contributed by atoms with van der Waals surface area (Å²) < 4.78 is 0. The first-order chi connectivity index (χ1) is 14.2. The Balaban J connectivity index is 1.41. The second kappa shape index (κ2) is 9.23. The first kappa shape index (κ1) is 19.6. The summed E-state index contributed by atoms with van der Waals surface area (Å²) in [6, 6.07) is 16.5. The van der Waals surface area contributed by atoms with Gasteiger partial charge in [-0.15, -0.1) is 0 Å². The summed E-state index contributed by atoms with van der Waals surface area (Å²) in [4.78, 5) is 30.3. The number of nitrogens with zero attached hydrogens (tertiary/aromatic N) is 2. The van der Waals surface area contributed by atoms with E-state index in [-0.39, 0.29) is 11.8 Å². The van der Waals surface area contributed by atoms with E-state index in [1.165, 1.54) is 32.4 Å². The molecule has 0 aliphatic carbocycles. The number of hydrogen-bond donors (Lipinski definition) is 1. The van der Waals surface area contributed by atoms with Gasteiger partial charge in [0.2, 0.25) is 5.91 Å². The van der Waals surface area contributed by atoms with Crippen LogP contribution < -0.4 is 10.2 Å². The fourth-order valence-electron chi connectivity index (χ4n) is 4.38. The average molecular weight is 392 g/mol. The molecule has 5 nitrogen and oxygen atoms in total. The van der Waals surface area contributed by atoms with Crippen molar-refractivity contribution in [3.8, 4) is 0 Å². The van der Waals surface area contributed by atoms with Crippen LogP contribution in [-0.4, -0.2) is 48.9 Å². The smallest absolute Gasteiger partial charge is 0.259 e. The van der Waals surface area contributed by atoms with Crippen molar-refractivity contribution in [2.75, 3.05) is 31.1 Å². The Morgan fingerprint density at radius 1 is 0.931 bits per heavy atom. The molecule has 0 aromatic heterocycles. The van der Waals surface area contributed by atoms with Crippen molar-refractivity contribution in [3.63, 3.8) is 0 Å². The minimum atomic E-state index is -0.491. The molecule has 5 heteroatoms. The maximum atomic E-state index is 13.2. The van der Waals surface area contributed by atoms with Gasteiger partial charge in [-0.25, -0.2) is 0 Å². The Bertz CT molecular complexity index is 846. The maximum absolute atomic E-state index is 13.2. The number of benzene rings is 2. The number of rotatable bonds is 6. The molecule has 152 valence electrons. The van der Waals surface area contributed by atoms with Crippen molar-refractivity contribution in [3.05, 3.63) is 65.7 Å². The molecule has 0 spiro atoms. The second-order valence-electron chi connectivity index (χ2n) is 7.94. The van der Waals surface area contributed by atoms with Crippen molar-refractivity contribution in [2.24, 2.45) is 0 Å². The summed E-state index contributed by atoms with van der Waals surface area (Å²) >= 11 is 0. The monoisotopic (exact) mass is 391 g/mol. The van der Waals surface area contributed by atoms with E-state index in [9.17, 15) is 9.59 Å². The third kappa shape index (κ3) is 4.51. The molecule has 4 rings (SSSR count). The van der Waals surface area contributed by atoms with E-state index < -0.39 is 6.04 Å². The molecule has 2 aromatic carbocycles. The Labute approximate surface area is 172 Å². The number of likely N-dealkylation sites (tertiary alicyclic amines) is 1. The van der Waals surface area contributed by atoms with Crippen LogP contribution in [0.1, 0.15) is 41.6 Å². The molecule has 1 fully saturated rings. The quantitative estimate of drug-likeness (QED) is 0.769. The maximum Gasteiger partial charge on any atom is 0.259 e. The van der Waals surface area contributed by atoms with Crippen LogP contribution in [0.3, 0.4) is 0 Å². The van der Waals surface area contributed by atoms with Crippen LogP contribution in [0.4, 0.5) is 5.69 Å². The molecular formula is C24H29N3O2. The Morgan fingerprint density at radius 3 is 2.45 bits per heavy atom. The molecule has 0 bridgehead atoms. The first-order valence-electron chi connectivity index (χ1n) is 10.7. The highest BCUT2D eigenvalue weighted by atomic mass is 16.2. The molecule has 2 amide bonds. The van der Waals surface area contributed by atoms with E-state index in [1.807, 2.05) is 42.5 Å². The fourth-order valence-corrected chi connectivity index (χ4v) is 4.38. The summed E-state index contributed by atoms with van der Waals surface area (Å²) in [5, 5.41) is 3.08. The van der Waals surface area contributed by atoms with E-state index in [0.717, 1.165) is 24.2 Å². The minimum absolute atomic E-state index is 0.0656. The Hall–Kier alpha value is -2.66. The predicted octanol–water partition coefficient (Wildman–Crippen LogP) is 3.25. The number of anilines is 1. The zero-order valence-electron chi connectivity index (χ0n) is 16.8. The number of nitrogens with one attached hydrogen (secondary N) is 1. The first-order valence-corrected chi connectivity index (χ1v) is 10.7. The lowest BCUT2D eigenvalue weighted by Gasteiger charge is -2.27. The number of carbonyl (C=O) groups excluding carboxylic acids is 2. The summed E-state index contributed by atoms with van der Waals surface area (Å²) in [7, 11) is 0. The number of hydrogen-bond acceptors (Lipinski definition) is 3. The van der Waals surface area contributed by atoms with Gasteiger partial charge in [0.25, 0.3) is 5.91 Å². The second-order valence-corrected chi connectivity index (χ2v) is 7.94. The highest BCUT2D eigenvalue weighted by molar-refractivity contribution is 6.11. The molecule has 1 N–H and O–H groups in total. The highest BCUT2D eigenvalue weighted by Gasteiger charge is 2.38. The number of fused-ring (bicyclic) bond motifs is 1. The van der Waals surface area contributed by atoms with Crippen LogP contribution >= 0.6 is 0 Å². The number of piperidine rings is 1. The summed E-state index contributed by atoms with van der Waals surface area (Å²) in [6.45, 7) is 4.02. The standard InChI is InChI=1S/C24H29N3O2/c28-23(25-14-9-17-26-15-7-2-8-16-26)22-18-20-12-5-6-13-21(20)27(22)24(29)19-10-3-1-4-11-19/h1,3-6,10-13,22H,2,7-9,14-18H2,(H,25,28)/t22-/m1/s1. The number of amides is 2. The van der Waals surface area contributed by atoms with Crippen LogP contribution in [0.2, 0.25) is 0 Å². The average Bonchev–Trinajstić information content (AvgIpc) is 3.17. The third-order valence-electron chi connectivity index (χ3n) is 5.92. The molecule has 29 heavy (non-hydrogen) atoms. The number of carbonyl (C=O) groups is 2. The Morgan fingerprint density at radius 2 is 1.66 bits per heavy atom. The van der Waals surface area contributed by atoms with Gasteiger partial charge < -0.3 is 10.2 Å². The van der Waals surface area contributed by atoms with Gasteiger partial charge in [0.05, 0.1) is 0 Å². The summed E-state index contributed by atoms with van der Waals surface area (Å²) in [5.41, 5.74) is 2.49. The molecule has 0 radical (unpaired) electrons. The lowest BCUT2D eigenvalue weighted by molar-refractivity contribution is -0.122. The van der Waals surface area contributed by atoms with E-state index in [1.54, 1.807) is 17.0 Å². The van der Waals surface area contributed by atoms with Crippen molar-refractivity contribution in [1.29, 1.82) is 0 Å². The van der Waals surface area contributed by atoms with Crippen LogP contribution in [0.15, 0.2) is 54.6 Å². The van der Waals surface area contributed by atoms with Gasteiger partial charge in [0, 0.05) is 24.2 Å². The van der Waals surface area contributed by atoms with Gasteiger partial charge in [-0.1, -0.05) is 42.8 Å². The molecule has 0 unspecified atom stereocenters. The van der Waals surface area contributed by atoms with Gasteiger partial charge in [-0.2, -0.15) is 0 Å². The van der Waals surface area contributed by atoms with Crippen molar-refractivity contribution >= 4 is 17.5 Å². The van der Waals surface area contributed by atoms with Crippen LogP contribution in [0.5, 0.6) is 0 Å².